The van der Waals surface area contributed by atoms with Crippen molar-refractivity contribution in [1.82, 2.24) is 5.32 Å². The summed E-state index contributed by atoms with van der Waals surface area (Å²) in [6.45, 7) is 9.28. The average molecular weight is 270 g/mol. The van der Waals surface area contributed by atoms with Gasteiger partial charge in [-0.05, 0) is 38.1 Å². The molecule has 0 aliphatic heterocycles. The highest BCUT2D eigenvalue weighted by molar-refractivity contribution is 5.76. The summed E-state index contributed by atoms with van der Waals surface area (Å²) in [5.41, 5.74) is 5.73. The van der Waals surface area contributed by atoms with Crippen molar-refractivity contribution < 1.29 is 4.79 Å². The molecule has 2 atom stereocenters. The first-order valence-electron chi connectivity index (χ1n) is 7.99. The van der Waals surface area contributed by atoms with Crippen LogP contribution in [0.1, 0.15) is 72.6 Å². The predicted octanol–water partition coefficient (Wildman–Crippen LogP) is 3.47. The molecule has 0 spiro atoms. The van der Waals surface area contributed by atoms with Crippen LogP contribution in [0.15, 0.2) is 0 Å². The van der Waals surface area contributed by atoms with Crippen LogP contribution in [0.3, 0.4) is 0 Å². The van der Waals surface area contributed by atoms with Gasteiger partial charge < -0.3 is 11.1 Å². The summed E-state index contributed by atoms with van der Waals surface area (Å²) in [7, 11) is 0. The maximum atomic E-state index is 11.9. The Morgan fingerprint density at radius 1 is 1.16 bits per heavy atom. The zero-order valence-corrected chi connectivity index (χ0v) is 13.4. The van der Waals surface area contributed by atoms with E-state index in [0.29, 0.717) is 30.8 Å². The summed E-state index contributed by atoms with van der Waals surface area (Å²) in [5.74, 6) is 1.10. The number of carbonyl (C=O) groups excluding carboxylic acids is 1. The lowest BCUT2D eigenvalue weighted by molar-refractivity contribution is -0.122. The summed E-state index contributed by atoms with van der Waals surface area (Å²) in [4.78, 5) is 11.9. The molecule has 0 heterocycles. The minimum absolute atomic E-state index is 0.166. The van der Waals surface area contributed by atoms with Crippen LogP contribution in [0.25, 0.3) is 0 Å². The maximum Gasteiger partial charge on any atom is 0.220 e. The van der Waals surface area contributed by atoms with Crippen molar-refractivity contribution in [1.29, 1.82) is 0 Å². The number of unbranched alkanes of at least 4 members (excludes halogenated alkanes) is 3. The van der Waals surface area contributed by atoms with Crippen molar-refractivity contribution in [2.75, 3.05) is 6.54 Å². The summed E-state index contributed by atoms with van der Waals surface area (Å²) in [6, 6.07) is 0.293. The van der Waals surface area contributed by atoms with E-state index in [0.717, 1.165) is 12.8 Å². The molecule has 19 heavy (non-hydrogen) atoms. The Morgan fingerprint density at radius 3 is 2.37 bits per heavy atom. The summed E-state index contributed by atoms with van der Waals surface area (Å²) in [6.07, 6.45) is 7.74. The Kier molecular flexibility index (Phi) is 10.9. The molecule has 3 nitrogen and oxygen atoms in total. The normalized spacial score (nSPS) is 14.4. The smallest absolute Gasteiger partial charge is 0.220 e. The molecule has 0 radical (unpaired) electrons. The molecular formula is C16H34N2O. The second-order valence-corrected chi connectivity index (χ2v) is 6.25. The van der Waals surface area contributed by atoms with Crippen molar-refractivity contribution in [3.8, 4) is 0 Å². The van der Waals surface area contributed by atoms with Crippen molar-refractivity contribution in [3.63, 3.8) is 0 Å². The van der Waals surface area contributed by atoms with E-state index in [4.69, 9.17) is 5.73 Å². The predicted molar refractivity (Wildman–Crippen MR) is 83.0 cm³/mol. The SMILES string of the molecule is CCCCCCC(C)NC(=O)C[C@@H](CN)CC(C)C. The van der Waals surface area contributed by atoms with Gasteiger partial charge in [-0.15, -0.1) is 0 Å². The van der Waals surface area contributed by atoms with Crippen molar-refractivity contribution in [2.45, 2.75) is 78.7 Å². The van der Waals surface area contributed by atoms with Gasteiger partial charge in [0, 0.05) is 12.5 Å². The van der Waals surface area contributed by atoms with Gasteiger partial charge in [-0.2, -0.15) is 0 Å². The Labute approximate surface area is 119 Å². The monoisotopic (exact) mass is 270 g/mol. The van der Waals surface area contributed by atoms with Gasteiger partial charge in [-0.1, -0.05) is 46.5 Å². The Balaban J connectivity index is 3.81. The molecule has 0 saturated carbocycles. The highest BCUT2D eigenvalue weighted by Crippen LogP contribution is 2.14. The van der Waals surface area contributed by atoms with Gasteiger partial charge in [0.15, 0.2) is 0 Å². The molecule has 0 fully saturated rings. The summed E-state index contributed by atoms with van der Waals surface area (Å²) in [5, 5.41) is 3.10. The molecule has 114 valence electrons. The third kappa shape index (κ3) is 11.0. The Morgan fingerprint density at radius 2 is 1.84 bits per heavy atom. The number of hydrogen-bond acceptors (Lipinski definition) is 2. The van der Waals surface area contributed by atoms with Gasteiger partial charge in [-0.3, -0.25) is 4.79 Å². The quantitative estimate of drug-likeness (QED) is 0.565. The number of rotatable bonds is 11. The minimum Gasteiger partial charge on any atom is -0.354 e. The fourth-order valence-electron chi connectivity index (χ4n) is 2.47. The molecule has 1 amide bonds. The molecule has 0 saturated heterocycles. The van der Waals surface area contributed by atoms with E-state index in [2.05, 4.69) is 33.0 Å². The molecule has 0 bridgehead atoms. The second-order valence-electron chi connectivity index (χ2n) is 6.25. The number of nitrogens with two attached hydrogens (primary N) is 1. The molecule has 0 aliphatic rings. The Bertz CT molecular complexity index is 229. The topological polar surface area (TPSA) is 55.1 Å². The molecule has 0 rings (SSSR count). The van der Waals surface area contributed by atoms with Crippen molar-refractivity contribution in [2.24, 2.45) is 17.6 Å². The fourth-order valence-corrected chi connectivity index (χ4v) is 2.47. The fraction of sp³-hybridized carbons (Fsp3) is 0.938. The first kappa shape index (κ1) is 18.4. The molecule has 0 aromatic rings. The first-order chi connectivity index (χ1) is 8.99. The molecule has 3 N–H and O–H groups in total. The van der Waals surface area contributed by atoms with E-state index >= 15 is 0 Å². The van der Waals surface area contributed by atoms with E-state index in [1.807, 2.05) is 0 Å². The first-order valence-corrected chi connectivity index (χ1v) is 7.99. The minimum atomic E-state index is 0.166. The van der Waals surface area contributed by atoms with Crippen LogP contribution < -0.4 is 11.1 Å². The van der Waals surface area contributed by atoms with E-state index < -0.39 is 0 Å². The lowest BCUT2D eigenvalue weighted by Gasteiger charge is -2.19. The standard InChI is InChI=1S/C16H34N2O/c1-5-6-7-8-9-14(4)18-16(19)11-15(12-17)10-13(2)3/h13-15H,5-12,17H2,1-4H3,(H,18,19)/t14?,15-/m0/s1. The molecular weight excluding hydrogens is 236 g/mol. The van der Waals surface area contributed by atoms with Crippen molar-refractivity contribution >= 4 is 5.91 Å². The zero-order valence-electron chi connectivity index (χ0n) is 13.4. The van der Waals surface area contributed by atoms with Gasteiger partial charge in [-0.25, -0.2) is 0 Å². The van der Waals surface area contributed by atoms with Gasteiger partial charge >= 0.3 is 0 Å². The summed E-state index contributed by atoms with van der Waals surface area (Å²) >= 11 is 0. The van der Waals surface area contributed by atoms with Crippen LogP contribution >= 0.6 is 0 Å². The van der Waals surface area contributed by atoms with Crippen LogP contribution in [0.5, 0.6) is 0 Å². The lowest BCUT2D eigenvalue weighted by Crippen LogP contribution is -2.35. The van der Waals surface area contributed by atoms with E-state index in [1.54, 1.807) is 0 Å². The van der Waals surface area contributed by atoms with Gasteiger partial charge in [0.05, 0.1) is 0 Å². The number of amides is 1. The van der Waals surface area contributed by atoms with Crippen molar-refractivity contribution in [3.05, 3.63) is 0 Å². The average Bonchev–Trinajstić information content (AvgIpc) is 2.33. The van der Waals surface area contributed by atoms with Gasteiger partial charge in [0.2, 0.25) is 5.91 Å². The number of carbonyl (C=O) groups is 1. The van der Waals surface area contributed by atoms with Crippen LogP contribution in [-0.2, 0) is 4.79 Å². The molecule has 0 aromatic carbocycles. The van der Waals surface area contributed by atoms with Gasteiger partial charge in [0.1, 0.15) is 0 Å². The van der Waals surface area contributed by atoms with Crippen LogP contribution in [0.2, 0.25) is 0 Å². The van der Waals surface area contributed by atoms with E-state index in [9.17, 15) is 4.79 Å². The largest absolute Gasteiger partial charge is 0.354 e. The van der Waals surface area contributed by atoms with Crippen LogP contribution in [-0.4, -0.2) is 18.5 Å². The summed E-state index contributed by atoms with van der Waals surface area (Å²) < 4.78 is 0. The van der Waals surface area contributed by atoms with Crippen LogP contribution in [0, 0.1) is 11.8 Å². The number of nitrogens with one attached hydrogen (secondary N) is 1. The van der Waals surface area contributed by atoms with Crippen LogP contribution in [0.4, 0.5) is 0 Å². The lowest BCUT2D eigenvalue weighted by atomic mass is 9.94. The molecule has 1 unspecified atom stereocenters. The number of hydrogen-bond donors (Lipinski definition) is 2. The highest BCUT2D eigenvalue weighted by atomic mass is 16.1. The third-order valence-electron chi connectivity index (χ3n) is 3.51. The molecule has 3 heteroatoms. The molecule has 0 aliphatic carbocycles. The highest BCUT2D eigenvalue weighted by Gasteiger charge is 2.15. The third-order valence-corrected chi connectivity index (χ3v) is 3.51. The molecule has 0 aromatic heterocycles. The maximum absolute atomic E-state index is 11.9. The second kappa shape index (κ2) is 11.3. The van der Waals surface area contributed by atoms with E-state index in [-0.39, 0.29) is 5.91 Å². The Hall–Kier alpha value is -0.570. The van der Waals surface area contributed by atoms with Gasteiger partial charge in [0.25, 0.3) is 0 Å². The van der Waals surface area contributed by atoms with E-state index in [1.165, 1.54) is 25.7 Å². The zero-order chi connectivity index (χ0) is 14.7.